The van der Waals surface area contributed by atoms with E-state index in [2.05, 4.69) is 75.1 Å². The summed E-state index contributed by atoms with van der Waals surface area (Å²) >= 11 is 3.50. The summed E-state index contributed by atoms with van der Waals surface area (Å²) in [6.45, 7) is 0.805. The molecule has 0 amide bonds. The van der Waals surface area contributed by atoms with E-state index in [-0.39, 0.29) is 0 Å². The lowest BCUT2D eigenvalue weighted by molar-refractivity contribution is 0.414. The first kappa shape index (κ1) is 16.9. The maximum absolute atomic E-state index is 5.26. The Bertz CT molecular complexity index is 1020. The summed E-state index contributed by atoms with van der Waals surface area (Å²) in [5, 5.41) is 0. The van der Waals surface area contributed by atoms with Gasteiger partial charge in [-0.1, -0.05) is 52.3 Å². The van der Waals surface area contributed by atoms with Crippen LogP contribution in [-0.2, 0) is 13.0 Å². The summed E-state index contributed by atoms with van der Waals surface area (Å²) in [5.74, 6) is 1.94. The molecule has 4 aromatic rings. The van der Waals surface area contributed by atoms with Crippen LogP contribution in [0.2, 0.25) is 0 Å². The summed E-state index contributed by atoms with van der Waals surface area (Å²) in [6.07, 6.45) is 0.787. The molecule has 0 saturated heterocycles. The van der Waals surface area contributed by atoms with Crippen LogP contribution in [0.5, 0.6) is 5.75 Å². The average Bonchev–Trinajstić information content (AvgIpc) is 3.01. The number of nitrogens with zero attached hydrogens (tertiary/aromatic N) is 2. The third-order valence-electron chi connectivity index (χ3n) is 4.51. The van der Waals surface area contributed by atoms with Crippen LogP contribution in [0.1, 0.15) is 17.0 Å². The molecule has 0 bridgehead atoms. The van der Waals surface area contributed by atoms with E-state index in [4.69, 9.17) is 9.72 Å². The van der Waals surface area contributed by atoms with E-state index in [9.17, 15) is 0 Å². The van der Waals surface area contributed by atoms with Gasteiger partial charge in [0.2, 0.25) is 0 Å². The van der Waals surface area contributed by atoms with Crippen LogP contribution in [0.4, 0.5) is 0 Å². The van der Waals surface area contributed by atoms with Crippen molar-refractivity contribution in [2.45, 2.75) is 13.0 Å². The molecule has 4 heteroatoms. The number of benzene rings is 3. The summed E-state index contributed by atoms with van der Waals surface area (Å²) in [4.78, 5) is 4.89. The molecular formula is C22H19BrN2O. The van der Waals surface area contributed by atoms with E-state index < -0.39 is 0 Å². The fraction of sp³-hybridized carbons (Fsp3) is 0.136. The third kappa shape index (κ3) is 3.51. The molecule has 26 heavy (non-hydrogen) atoms. The molecule has 4 rings (SSSR count). The molecule has 1 aromatic heterocycles. The van der Waals surface area contributed by atoms with Crippen LogP contribution < -0.4 is 4.74 Å². The monoisotopic (exact) mass is 406 g/mol. The van der Waals surface area contributed by atoms with Crippen molar-refractivity contribution in [2.24, 2.45) is 0 Å². The molecule has 0 N–H and O–H groups in total. The molecule has 3 nitrogen and oxygen atoms in total. The zero-order valence-electron chi connectivity index (χ0n) is 14.5. The van der Waals surface area contributed by atoms with Crippen LogP contribution in [0.15, 0.2) is 77.3 Å². The highest BCUT2D eigenvalue weighted by Crippen LogP contribution is 2.22. The van der Waals surface area contributed by atoms with Crippen molar-refractivity contribution in [1.29, 1.82) is 0 Å². The topological polar surface area (TPSA) is 27.1 Å². The standard InChI is InChI=1S/C22H19BrN2O/c1-26-19-12-8-16(9-13-19)14-22-24-20-4-2-3-5-21(20)25(22)15-17-6-10-18(23)11-7-17/h2-13H,14-15H2,1H3. The number of rotatable bonds is 5. The number of para-hydroxylation sites is 2. The Hall–Kier alpha value is -2.59. The highest BCUT2D eigenvalue weighted by Gasteiger charge is 2.11. The van der Waals surface area contributed by atoms with Crippen molar-refractivity contribution in [1.82, 2.24) is 9.55 Å². The molecule has 0 saturated carbocycles. The van der Waals surface area contributed by atoms with E-state index in [1.54, 1.807) is 7.11 Å². The Morgan fingerprint density at radius 2 is 1.58 bits per heavy atom. The lowest BCUT2D eigenvalue weighted by atomic mass is 10.1. The largest absolute Gasteiger partial charge is 0.497 e. The Labute approximate surface area is 161 Å². The first-order valence-corrected chi connectivity index (χ1v) is 9.34. The molecule has 0 unspecified atom stereocenters. The predicted octanol–water partition coefficient (Wildman–Crippen LogP) is 5.45. The number of hydrogen-bond donors (Lipinski definition) is 0. The Kier molecular flexibility index (Phi) is 4.76. The van der Waals surface area contributed by atoms with Gasteiger partial charge in [-0.25, -0.2) is 4.98 Å². The predicted molar refractivity (Wildman–Crippen MR) is 109 cm³/mol. The van der Waals surface area contributed by atoms with E-state index in [1.165, 1.54) is 16.6 Å². The highest BCUT2D eigenvalue weighted by molar-refractivity contribution is 9.10. The quantitative estimate of drug-likeness (QED) is 0.440. The van der Waals surface area contributed by atoms with Crippen molar-refractivity contribution in [3.8, 4) is 5.75 Å². The second-order valence-corrected chi connectivity index (χ2v) is 7.17. The van der Waals surface area contributed by atoms with E-state index in [1.807, 2.05) is 18.2 Å². The number of imidazole rings is 1. The van der Waals surface area contributed by atoms with Crippen LogP contribution in [0, 0.1) is 0 Å². The van der Waals surface area contributed by atoms with Crippen LogP contribution in [-0.4, -0.2) is 16.7 Å². The zero-order valence-corrected chi connectivity index (χ0v) is 16.1. The van der Waals surface area contributed by atoms with Gasteiger partial charge < -0.3 is 9.30 Å². The van der Waals surface area contributed by atoms with Gasteiger partial charge >= 0.3 is 0 Å². The number of hydrogen-bond acceptors (Lipinski definition) is 2. The smallest absolute Gasteiger partial charge is 0.118 e. The van der Waals surface area contributed by atoms with Gasteiger partial charge in [0.15, 0.2) is 0 Å². The zero-order chi connectivity index (χ0) is 17.9. The first-order valence-electron chi connectivity index (χ1n) is 8.54. The molecule has 0 aliphatic heterocycles. The summed E-state index contributed by atoms with van der Waals surface area (Å²) in [7, 11) is 1.69. The second kappa shape index (κ2) is 7.34. The summed E-state index contributed by atoms with van der Waals surface area (Å²) in [5.41, 5.74) is 4.68. The SMILES string of the molecule is COc1ccc(Cc2nc3ccccc3n2Cc2ccc(Br)cc2)cc1. The van der Waals surface area contributed by atoms with Crippen LogP contribution in [0.3, 0.4) is 0 Å². The Balaban J connectivity index is 1.71. The number of halogens is 1. The van der Waals surface area contributed by atoms with Gasteiger partial charge in [0.05, 0.1) is 18.1 Å². The molecular weight excluding hydrogens is 388 g/mol. The van der Waals surface area contributed by atoms with Gasteiger partial charge in [-0.3, -0.25) is 0 Å². The molecule has 0 fully saturated rings. The molecule has 0 aliphatic rings. The lowest BCUT2D eigenvalue weighted by Gasteiger charge is -2.10. The van der Waals surface area contributed by atoms with E-state index >= 15 is 0 Å². The fourth-order valence-corrected chi connectivity index (χ4v) is 3.40. The van der Waals surface area contributed by atoms with Gasteiger partial charge in [0.25, 0.3) is 0 Å². The molecule has 0 atom stereocenters. The van der Waals surface area contributed by atoms with E-state index in [0.29, 0.717) is 0 Å². The normalized spacial score (nSPS) is 11.0. The summed E-state index contributed by atoms with van der Waals surface area (Å²) in [6, 6.07) is 25.0. The van der Waals surface area contributed by atoms with Crippen molar-refractivity contribution >= 4 is 27.0 Å². The molecule has 3 aromatic carbocycles. The minimum absolute atomic E-state index is 0.787. The van der Waals surface area contributed by atoms with Gasteiger partial charge in [0.1, 0.15) is 11.6 Å². The van der Waals surface area contributed by atoms with Crippen molar-refractivity contribution in [3.05, 3.63) is 94.2 Å². The van der Waals surface area contributed by atoms with Crippen molar-refractivity contribution < 1.29 is 4.74 Å². The molecule has 1 heterocycles. The van der Waals surface area contributed by atoms with E-state index in [0.717, 1.165) is 34.5 Å². The first-order chi connectivity index (χ1) is 12.7. The summed E-state index contributed by atoms with van der Waals surface area (Å²) < 4.78 is 8.66. The Morgan fingerprint density at radius 1 is 0.885 bits per heavy atom. The minimum atomic E-state index is 0.787. The Morgan fingerprint density at radius 3 is 2.31 bits per heavy atom. The lowest BCUT2D eigenvalue weighted by Crippen LogP contribution is -2.06. The third-order valence-corrected chi connectivity index (χ3v) is 5.04. The van der Waals surface area contributed by atoms with Gasteiger partial charge in [-0.2, -0.15) is 0 Å². The molecule has 0 spiro atoms. The van der Waals surface area contributed by atoms with Gasteiger partial charge in [0, 0.05) is 17.4 Å². The second-order valence-electron chi connectivity index (χ2n) is 6.25. The van der Waals surface area contributed by atoms with Gasteiger partial charge in [-0.05, 0) is 47.5 Å². The highest BCUT2D eigenvalue weighted by atomic mass is 79.9. The molecule has 0 aliphatic carbocycles. The minimum Gasteiger partial charge on any atom is -0.497 e. The number of ether oxygens (including phenoxy) is 1. The van der Waals surface area contributed by atoms with Crippen LogP contribution >= 0.6 is 15.9 Å². The van der Waals surface area contributed by atoms with Crippen molar-refractivity contribution in [2.75, 3.05) is 7.11 Å². The number of aromatic nitrogens is 2. The number of methoxy groups -OCH3 is 1. The fourth-order valence-electron chi connectivity index (χ4n) is 3.14. The van der Waals surface area contributed by atoms with Gasteiger partial charge in [-0.15, -0.1) is 0 Å². The van der Waals surface area contributed by atoms with Crippen molar-refractivity contribution in [3.63, 3.8) is 0 Å². The average molecular weight is 407 g/mol. The molecule has 130 valence electrons. The maximum atomic E-state index is 5.26. The van der Waals surface area contributed by atoms with Crippen LogP contribution in [0.25, 0.3) is 11.0 Å². The molecule has 0 radical (unpaired) electrons. The maximum Gasteiger partial charge on any atom is 0.118 e. The number of fused-ring (bicyclic) bond motifs is 1.